The Kier molecular flexibility index (Phi) is 35.5. The first-order valence-corrected chi connectivity index (χ1v) is 19.4. The summed E-state index contributed by atoms with van der Waals surface area (Å²) < 4.78 is 0. The normalized spacial score (nSPS) is 13.6. The number of aliphatic hydroxyl groups is 2. The van der Waals surface area contributed by atoms with E-state index >= 15 is 0 Å². The lowest BCUT2D eigenvalue weighted by Crippen LogP contribution is -2.45. The summed E-state index contributed by atoms with van der Waals surface area (Å²) in [5.74, 6) is -0.0794. The van der Waals surface area contributed by atoms with Crippen LogP contribution in [0.25, 0.3) is 0 Å². The highest BCUT2D eigenvalue weighted by molar-refractivity contribution is 5.76. The maximum Gasteiger partial charge on any atom is 0.220 e. The van der Waals surface area contributed by atoms with E-state index in [0.717, 1.165) is 51.4 Å². The molecule has 0 fully saturated rings. The average Bonchev–Trinajstić information content (AvgIpc) is 3.04. The van der Waals surface area contributed by atoms with E-state index in [1.165, 1.54) is 116 Å². The molecule has 0 aromatic heterocycles. The van der Waals surface area contributed by atoms with Gasteiger partial charge >= 0.3 is 0 Å². The van der Waals surface area contributed by atoms with Gasteiger partial charge in [0.15, 0.2) is 0 Å². The van der Waals surface area contributed by atoms with Gasteiger partial charge in [-0.3, -0.25) is 4.79 Å². The topological polar surface area (TPSA) is 69.6 Å². The first-order valence-electron chi connectivity index (χ1n) is 19.4. The second-order valence-electron chi connectivity index (χ2n) is 13.0. The highest BCUT2D eigenvalue weighted by Gasteiger charge is 2.17. The molecule has 0 saturated carbocycles. The van der Waals surface area contributed by atoms with Crippen LogP contribution in [0.15, 0.2) is 48.6 Å². The van der Waals surface area contributed by atoms with Gasteiger partial charge in [0.2, 0.25) is 5.91 Å². The first kappa shape index (κ1) is 43.4. The summed E-state index contributed by atoms with van der Waals surface area (Å²) >= 11 is 0. The first-order chi connectivity index (χ1) is 22.2. The predicted molar refractivity (Wildman–Crippen MR) is 198 cm³/mol. The van der Waals surface area contributed by atoms with E-state index in [1.807, 2.05) is 6.08 Å². The van der Waals surface area contributed by atoms with Gasteiger partial charge in [0.05, 0.1) is 18.8 Å². The molecule has 0 aliphatic carbocycles. The van der Waals surface area contributed by atoms with Crippen molar-refractivity contribution in [2.75, 3.05) is 6.61 Å². The summed E-state index contributed by atoms with van der Waals surface area (Å²) in [6, 6.07) is -0.628. The lowest BCUT2D eigenvalue weighted by Gasteiger charge is -2.20. The van der Waals surface area contributed by atoms with Crippen LogP contribution in [-0.2, 0) is 4.79 Å². The lowest BCUT2D eigenvalue weighted by atomic mass is 10.1. The van der Waals surface area contributed by atoms with Crippen LogP contribution in [0.4, 0.5) is 0 Å². The molecule has 4 nitrogen and oxygen atoms in total. The second-order valence-corrected chi connectivity index (χ2v) is 13.0. The highest BCUT2D eigenvalue weighted by atomic mass is 16.3. The van der Waals surface area contributed by atoms with Crippen molar-refractivity contribution in [1.82, 2.24) is 5.32 Å². The molecule has 0 heterocycles. The molecule has 0 aromatic carbocycles. The number of aliphatic hydroxyl groups excluding tert-OH is 2. The van der Waals surface area contributed by atoms with E-state index in [4.69, 9.17) is 0 Å². The van der Waals surface area contributed by atoms with Crippen LogP contribution in [0.2, 0.25) is 0 Å². The van der Waals surface area contributed by atoms with E-state index in [1.54, 1.807) is 6.08 Å². The lowest BCUT2D eigenvalue weighted by molar-refractivity contribution is -0.123. The Labute approximate surface area is 280 Å². The number of hydrogen-bond acceptors (Lipinski definition) is 3. The van der Waals surface area contributed by atoms with E-state index < -0.39 is 12.1 Å². The molecule has 0 aliphatic heterocycles. The van der Waals surface area contributed by atoms with Crippen molar-refractivity contribution in [3.05, 3.63) is 48.6 Å². The summed E-state index contributed by atoms with van der Waals surface area (Å²) in [5.41, 5.74) is 0. The van der Waals surface area contributed by atoms with Crippen molar-refractivity contribution < 1.29 is 15.0 Å². The largest absolute Gasteiger partial charge is 0.394 e. The van der Waals surface area contributed by atoms with Crippen molar-refractivity contribution >= 4 is 5.91 Å². The number of allylic oxidation sites excluding steroid dienone is 7. The van der Waals surface area contributed by atoms with Gasteiger partial charge < -0.3 is 15.5 Å². The molecule has 262 valence electrons. The van der Waals surface area contributed by atoms with Crippen LogP contribution >= 0.6 is 0 Å². The van der Waals surface area contributed by atoms with Gasteiger partial charge in [-0.15, -0.1) is 0 Å². The summed E-state index contributed by atoms with van der Waals surface area (Å²) in [6.07, 6.45) is 49.1. The van der Waals surface area contributed by atoms with Crippen LogP contribution in [0.3, 0.4) is 0 Å². The van der Waals surface area contributed by atoms with E-state index in [0.29, 0.717) is 6.42 Å². The van der Waals surface area contributed by atoms with Crippen LogP contribution in [0.1, 0.15) is 187 Å². The van der Waals surface area contributed by atoms with Crippen molar-refractivity contribution in [1.29, 1.82) is 0 Å². The summed E-state index contributed by atoms with van der Waals surface area (Å²) in [4.78, 5) is 12.3. The monoisotopic (exact) mass is 630 g/mol. The number of nitrogens with one attached hydrogen (secondary N) is 1. The van der Waals surface area contributed by atoms with Crippen molar-refractivity contribution in [2.45, 2.75) is 199 Å². The van der Waals surface area contributed by atoms with Gasteiger partial charge in [0.1, 0.15) is 0 Å². The Hall–Kier alpha value is -1.65. The maximum absolute atomic E-state index is 12.3. The minimum atomic E-state index is -0.844. The predicted octanol–water partition coefficient (Wildman–Crippen LogP) is 11.6. The zero-order valence-corrected chi connectivity index (χ0v) is 29.9. The standard InChI is InChI=1S/C41H75NO3/c1-3-5-7-9-11-13-15-17-18-19-20-21-22-23-24-25-27-29-31-33-35-37-41(45)42-39(38-43)40(44)36-34-32-30-28-26-16-14-12-10-8-6-4-2/h15,17,19-20,22-23,34,36,39-40,43-44H,3-14,16,18,21,24-33,35,37-38H2,1-2H3,(H,42,45)/b17-15-,20-19-,23-22-,36-34+. The van der Waals surface area contributed by atoms with Crippen LogP contribution < -0.4 is 5.32 Å². The Morgan fingerprint density at radius 3 is 1.36 bits per heavy atom. The number of rotatable bonds is 34. The quantitative estimate of drug-likeness (QED) is 0.0490. The van der Waals surface area contributed by atoms with Gasteiger partial charge in [0.25, 0.3) is 0 Å². The molecule has 0 radical (unpaired) electrons. The molecule has 1 amide bonds. The summed E-state index contributed by atoms with van der Waals surface area (Å²) in [6.45, 7) is 4.27. The third-order valence-corrected chi connectivity index (χ3v) is 8.56. The van der Waals surface area contributed by atoms with Crippen LogP contribution in [-0.4, -0.2) is 34.9 Å². The SMILES string of the molecule is CCCCCCC/C=C\C/C=C\C/C=C\CCCCCCCCC(=O)NC(CO)C(O)/C=C/CCCCCCCCCCCC. The number of carbonyl (C=O) groups excluding carboxylic acids is 1. The average molecular weight is 630 g/mol. The zero-order chi connectivity index (χ0) is 32.9. The molecule has 0 saturated heterocycles. The Morgan fingerprint density at radius 2 is 0.911 bits per heavy atom. The van der Waals surface area contributed by atoms with Crippen LogP contribution in [0.5, 0.6) is 0 Å². The minimum Gasteiger partial charge on any atom is -0.394 e. The Morgan fingerprint density at radius 1 is 0.533 bits per heavy atom. The molecule has 0 spiro atoms. The van der Waals surface area contributed by atoms with E-state index in [9.17, 15) is 15.0 Å². The molecule has 0 rings (SSSR count). The van der Waals surface area contributed by atoms with Gasteiger partial charge in [-0.2, -0.15) is 0 Å². The third kappa shape index (κ3) is 33.5. The maximum atomic E-state index is 12.3. The van der Waals surface area contributed by atoms with Crippen molar-refractivity contribution in [3.8, 4) is 0 Å². The zero-order valence-electron chi connectivity index (χ0n) is 29.9. The summed E-state index contributed by atoms with van der Waals surface area (Å²) in [5, 5.41) is 22.9. The fraction of sp³-hybridized carbons (Fsp3) is 0.780. The van der Waals surface area contributed by atoms with Crippen molar-refractivity contribution in [3.63, 3.8) is 0 Å². The molecule has 0 aromatic rings. The molecule has 4 heteroatoms. The number of unbranched alkanes of at least 4 members (excludes halogenated alkanes) is 21. The molecule has 3 N–H and O–H groups in total. The van der Waals surface area contributed by atoms with Gasteiger partial charge in [0, 0.05) is 6.42 Å². The Bertz CT molecular complexity index is 726. The van der Waals surface area contributed by atoms with Crippen LogP contribution in [0, 0.1) is 0 Å². The van der Waals surface area contributed by atoms with E-state index in [2.05, 4.69) is 55.6 Å². The number of carbonyl (C=O) groups is 1. The fourth-order valence-electron chi connectivity index (χ4n) is 5.54. The van der Waals surface area contributed by atoms with Gasteiger partial charge in [-0.1, -0.05) is 172 Å². The molecule has 2 atom stereocenters. The number of hydrogen-bond donors (Lipinski definition) is 3. The molecule has 0 aliphatic rings. The third-order valence-electron chi connectivity index (χ3n) is 8.56. The fourth-order valence-corrected chi connectivity index (χ4v) is 5.54. The molecular formula is C41H75NO3. The van der Waals surface area contributed by atoms with Crippen molar-refractivity contribution in [2.24, 2.45) is 0 Å². The molecular weight excluding hydrogens is 554 g/mol. The van der Waals surface area contributed by atoms with Gasteiger partial charge in [-0.05, 0) is 57.8 Å². The highest BCUT2D eigenvalue weighted by Crippen LogP contribution is 2.12. The minimum absolute atomic E-state index is 0.0794. The van der Waals surface area contributed by atoms with E-state index in [-0.39, 0.29) is 12.5 Å². The molecule has 45 heavy (non-hydrogen) atoms. The second kappa shape index (κ2) is 36.8. The molecule has 0 bridgehead atoms. The Balaban J connectivity index is 3.65. The summed E-state index contributed by atoms with van der Waals surface area (Å²) in [7, 11) is 0. The smallest absolute Gasteiger partial charge is 0.220 e. The van der Waals surface area contributed by atoms with Gasteiger partial charge in [-0.25, -0.2) is 0 Å². The molecule has 2 unspecified atom stereocenters. The number of amides is 1.